The number of aromatic nitrogens is 3. The normalized spacial score (nSPS) is 24.7. The van der Waals surface area contributed by atoms with E-state index >= 15 is 4.39 Å². The van der Waals surface area contributed by atoms with Crippen LogP contribution >= 0.6 is 0 Å². The Morgan fingerprint density at radius 3 is 2.61 bits per heavy atom. The van der Waals surface area contributed by atoms with Crippen molar-refractivity contribution >= 4 is 33.6 Å². The van der Waals surface area contributed by atoms with Crippen molar-refractivity contribution in [2.24, 2.45) is 0 Å². The summed E-state index contributed by atoms with van der Waals surface area (Å²) in [6.45, 7) is 11.5. The van der Waals surface area contributed by atoms with Crippen molar-refractivity contribution in [2.75, 3.05) is 37.7 Å². The van der Waals surface area contributed by atoms with E-state index in [1.54, 1.807) is 24.3 Å². The monoisotopic (exact) mass is 696 g/mol. The molecule has 51 heavy (non-hydrogen) atoms. The fraction of sp³-hybridized carbons (Fsp3) is 0.436. The Kier molecular flexibility index (Phi) is 7.90. The Labute approximate surface area is 294 Å². The lowest BCUT2D eigenvalue weighted by Crippen LogP contribution is -2.57. The van der Waals surface area contributed by atoms with Gasteiger partial charge in [-0.15, -0.1) is 6.42 Å². The topological polar surface area (TPSA) is 83.9 Å². The number of benzene rings is 2. The smallest absolute Gasteiger partial charge is 0.410 e. The summed E-state index contributed by atoms with van der Waals surface area (Å²) in [7, 11) is 0. The average molecular weight is 697 g/mol. The molecule has 4 aliphatic rings. The van der Waals surface area contributed by atoms with Gasteiger partial charge < -0.3 is 14.4 Å². The molecule has 4 saturated heterocycles. The van der Waals surface area contributed by atoms with Crippen LogP contribution in [-0.4, -0.2) is 93.0 Å². The van der Waals surface area contributed by atoms with E-state index in [2.05, 4.69) is 27.4 Å². The molecule has 0 saturated carbocycles. The number of fused-ring (bicyclic) bond motifs is 5. The molecule has 0 N–H and O–H groups in total. The van der Waals surface area contributed by atoms with Gasteiger partial charge in [-0.25, -0.2) is 18.0 Å². The minimum atomic E-state index is -0.990. The second kappa shape index (κ2) is 12.1. The van der Waals surface area contributed by atoms with Crippen LogP contribution in [0.4, 0.5) is 23.8 Å². The average Bonchev–Trinajstić information content (AvgIpc) is 3.65. The first-order chi connectivity index (χ1) is 24.3. The number of alkyl halides is 1. The quantitative estimate of drug-likeness (QED) is 0.166. The van der Waals surface area contributed by atoms with Crippen LogP contribution in [-0.2, 0) is 4.74 Å². The van der Waals surface area contributed by atoms with Gasteiger partial charge in [0, 0.05) is 49.7 Å². The van der Waals surface area contributed by atoms with Crippen molar-refractivity contribution in [1.29, 1.82) is 0 Å². The van der Waals surface area contributed by atoms with E-state index < -0.39 is 28.9 Å². The molecule has 0 radical (unpaired) electrons. The number of anilines is 1. The summed E-state index contributed by atoms with van der Waals surface area (Å²) >= 11 is 0. The molecule has 4 aliphatic heterocycles. The number of carbonyl (C=O) groups excluding carboxylic acids is 1. The standard InChI is InChI=1S/C39H39F3N6O3/c1-6-27-30(41)13-10-23-8-7-9-28(31(23)27)33-32(42)34-29(16-43-33)35(46-19-25-11-12-26(20-46)48(25)37(49)51-38(3,4)5)45-36(44-34)50-21-39-14-22(2)17-47(39)18-24(40)15-39/h1,7-10,13,16,24-26H,2,11-12,14-15,17-21H2,3-5H3/t24-,25?,26?,39-/m1/s1. The molecule has 2 unspecified atom stereocenters. The number of halogens is 3. The third-order valence-corrected chi connectivity index (χ3v) is 10.6. The summed E-state index contributed by atoms with van der Waals surface area (Å²) in [5.74, 6) is 1.50. The minimum absolute atomic E-state index is 0.0137. The highest BCUT2D eigenvalue weighted by Crippen LogP contribution is 2.43. The van der Waals surface area contributed by atoms with Gasteiger partial charge in [-0.3, -0.25) is 14.8 Å². The van der Waals surface area contributed by atoms with Crippen LogP contribution in [0.5, 0.6) is 6.01 Å². The zero-order valence-corrected chi connectivity index (χ0v) is 28.9. The van der Waals surface area contributed by atoms with Gasteiger partial charge in [0.2, 0.25) is 0 Å². The summed E-state index contributed by atoms with van der Waals surface area (Å²) in [6.07, 6.45) is 8.35. The molecule has 0 aliphatic carbocycles. The Balaban J connectivity index is 1.22. The van der Waals surface area contributed by atoms with E-state index in [0.717, 1.165) is 18.4 Å². The van der Waals surface area contributed by atoms with Crippen molar-refractivity contribution < 1.29 is 27.4 Å². The van der Waals surface area contributed by atoms with E-state index in [-0.39, 0.29) is 47.6 Å². The SMILES string of the molecule is C#Cc1c(F)ccc2cccc(-c3ncc4c(N5CC6CCC(C5)N6C(=O)OC(C)(C)C)nc(OC[C@]56CC(=C)CN5C[C@H](F)C6)nc4c3F)c12. The number of terminal acetylenes is 1. The molecule has 4 atom stereocenters. The van der Waals surface area contributed by atoms with Crippen LogP contribution < -0.4 is 9.64 Å². The third kappa shape index (κ3) is 5.72. The molecule has 2 bridgehead atoms. The number of pyridine rings is 1. The first-order valence-electron chi connectivity index (χ1n) is 17.3. The number of amides is 1. The van der Waals surface area contributed by atoms with Gasteiger partial charge >= 0.3 is 12.1 Å². The van der Waals surface area contributed by atoms with E-state index in [1.165, 1.54) is 12.3 Å². The Hall–Kier alpha value is -4.89. The molecule has 2 aromatic heterocycles. The Morgan fingerprint density at radius 1 is 1.12 bits per heavy atom. The maximum absolute atomic E-state index is 17.0. The van der Waals surface area contributed by atoms with Crippen molar-refractivity contribution in [2.45, 2.75) is 75.8 Å². The molecular formula is C39H39F3N6O3. The fourth-order valence-corrected chi connectivity index (χ4v) is 8.54. The molecular weight excluding hydrogens is 657 g/mol. The molecule has 12 heteroatoms. The molecule has 6 heterocycles. The summed E-state index contributed by atoms with van der Waals surface area (Å²) in [5, 5.41) is 1.36. The van der Waals surface area contributed by atoms with Crippen molar-refractivity contribution in [1.82, 2.24) is 24.8 Å². The van der Waals surface area contributed by atoms with Crippen LogP contribution in [0.25, 0.3) is 32.9 Å². The van der Waals surface area contributed by atoms with Crippen LogP contribution in [0.2, 0.25) is 0 Å². The molecule has 264 valence electrons. The zero-order valence-electron chi connectivity index (χ0n) is 28.9. The van der Waals surface area contributed by atoms with Gasteiger partial charge in [0.05, 0.1) is 28.6 Å². The van der Waals surface area contributed by atoms with Gasteiger partial charge in [0.25, 0.3) is 0 Å². The highest BCUT2D eigenvalue weighted by atomic mass is 19.1. The van der Waals surface area contributed by atoms with Crippen molar-refractivity contribution in [3.8, 4) is 29.6 Å². The fourth-order valence-electron chi connectivity index (χ4n) is 8.54. The van der Waals surface area contributed by atoms with E-state index in [0.29, 0.717) is 66.6 Å². The summed E-state index contributed by atoms with van der Waals surface area (Å²) in [6, 6.07) is 7.71. The third-order valence-electron chi connectivity index (χ3n) is 10.6. The van der Waals surface area contributed by atoms with Crippen molar-refractivity contribution in [3.63, 3.8) is 0 Å². The van der Waals surface area contributed by atoms with Gasteiger partial charge in [0.15, 0.2) is 5.82 Å². The summed E-state index contributed by atoms with van der Waals surface area (Å²) in [4.78, 5) is 33.1. The second-order valence-corrected chi connectivity index (χ2v) is 15.3. The van der Waals surface area contributed by atoms with Crippen LogP contribution in [0.15, 0.2) is 48.7 Å². The number of hydrogen-bond donors (Lipinski definition) is 0. The largest absolute Gasteiger partial charge is 0.461 e. The molecule has 9 nitrogen and oxygen atoms in total. The van der Waals surface area contributed by atoms with Gasteiger partial charge in [-0.2, -0.15) is 9.97 Å². The van der Waals surface area contributed by atoms with Gasteiger partial charge in [-0.1, -0.05) is 42.3 Å². The summed E-state index contributed by atoms with van der Waals surface area (Å²) < 4.78 is 58.6. The lowest BCUT2D eigenvalue weighted by atomic mass is 9.93. The Morgan fingerprint density at radius 2 is 1.88 bits per heavy atom. The number of rotatable bonds is 5. The highest BCUT2D eigenvalue weighted by Gasteiger charge is 2.51. The predicted octanol–water partition coefficient (Wildman–Crippen LogP) is 6.81. The molecule has 2 aromatic carbocycles. The molecule has 1 amide bonds. The lowest BCUT2D eigenvalue weighted by Gasteiger charge is -2.42. The molecule has 4 fully saturated rings. The lowest BCUT2D eigenvalue weighted by molar-refractivity contribution is 0.0122. The van der Waals surface area contributed by atoms with Crippen LogP contribution in [0.3, 0.4) is 0 Å². The minimum Gasteiger partial charge on any atom is -0.461 e. The maximum atomic E-state index is 17.0. The van der Waals surface area contributed by atoms with Crippen LogP contribution in [0.1, 0.15) is 52.0 Å². The maximum Gasteiger partial charge on any atom is 0.410 e. The highest BCUT2D eigenvalue weighted by molar-refractivity contribution is 6.02. The first-order valence-corrected chi connectivity index (χ1v) is 17.3. The zero-order chi connectivity index (χ0) is 35.8. The van der Waals surface area contributed by atoms with E-state index in [4.69, 9.17) is 20.9 Å². The number of piperazine rings is 1. The molecule has 4 aromatic rings. The number of carbonyl (C=O) groups is 1. The van der Waals surface area contributed by atoms with Crippen LogP contribution in [0, 0.1) is 24.0 Å². The first kappa shape index (κ1) is 33.3. The van der Waals surface area contributed by atoms with Crippen molar-refractivity contribution in [3.05, 3.63) is 65.9 Å². The van der Waals surface area contributed by atoms with Gasteiger partial charge in [-0.05, 0) is 51.5 Å². The number of hydrogen-bond acceptors (Lipinski definition) is 8. The molecule has 0 spiro atoms. The summed E-state index contributed by atoms with van der Waals surface area (Å²) in [5.41, 5.74) is 0.0376. The Bertz CT molecular complexity index is 2130. The van der Waals surface area contributed by atoms with E-state index in [9.17, 15) is 13.6 Å². The number of nitrogens with zero attached hydrogens (tertiary/aromatic N) is 6. The predicted molar refractivity (Wildman–Crippen MR) is 188 cm³/mol. The van der Waals surface area contributed by atoms with E-state index in [1.807, 2.05) is 30.6 Å². The van der Waals surface area contributed by atoms with Gasteiger partial charge in [0.1, 0.15) is 41.2 Å². The number of ether oxygens (including phenoxy) is 2. The molecule has 8 rings (SSSR count). The second-order valence-electron chi connectivity index (χ2n) is 15.3.